The topological polar surface area (TPSA) is 87.6 Å². The number of fused-ring (bicyclic) bond motifs is 1. The third-order valence-electron chi connectivity index (χ3n) is 2.90. The van der Waals surface area contributed by atoms with Crippen molar-refractivity contribution in [3.63, 3.8) is 0 Å². The quantitative estimate of drug-likeness (QED) is 0.801. The van der Waals surface area contributed by atoms with Crippen LogP contribution in [0.1, 0.15) is 40.6 Å². The minimum absolute atomic E-state index is 0.0813. The maximum Gasteiger partial charge on any atom is 0.303 e. The normalized spacial score (nSPS) is 15.7. The van der Waals surface area contributed by atoms with Gasteiger partial charge in [0, 0.05) is 18.7 Å². The van der Waals surface area contributed by atoms with Crippen molar-refractivity contribution in [2.24, 2.45) is 0 Å². The average molecular weight is 248 g/mol. The van der Waals surface area contributed by atoms with Gasteiger partial charge < -0.3 is 5.11 Å². The van der Waals surface area contributed by atoms with E-state index in [1.165, 1.54) is 6.20 Å². The van der Waals surface area contributed by atoms with Crippen molar-refractivity contribution >= 4 is 17.8 Å². The van der Waals surface area contributed by atoms with Gasteiger partial charge in [-0.05, 0) is 25.5 Å². The third kappa shape index (κ3) is 1.97. The lowest BCUT2D eigenvalue weighted by Gasteiger charge is -2.21. The van der Waals surface area contributed by atoms with Crippen molar-refractivity contribution in [2.75, 3.05) is 0 Å². The number of rotatable bonds is 4. The largest absolute Gasteiger partial charge is 0.481 e. The van der Waals surface area contributed by atoms with Gasteiger partial charge in [-0.25, -0.2) is 0 Å². The van der Waals surface area contributed by atoms with Crippen molar-refractivity contribution in [3.05, 3.63) is 29.6 Å². The Bertz CT molecular complexity index is 492. The number of hydrogen-bond donors (Lipinski definition) is 1. The van der Waals surface area contributed by atoms with E-state index in [2.05, 4.69) is 4.98 Å². The van der Waals surface area contributed by atoms with E-state index < -0.39 is 23.8 Å². The highest BCUT2D eigenvalue weighted by molar-refractivity contribution is 6.20. The van der Waals surface area contributed by atoms with E-state index in [1.807, 2.05) is 0 Å². The summed E-state index contributed by atoms with van der Waals surface area (Å²) in [6.07, 6.45) is 1.61. The molecular weight excluding hydrogens is 236 g/mol. The van der Waals surface area contributed by atoms with Gasteiger partial charge in [0.05, 0.1) is 5.56 Å². The number of pyridine rings is 1. The summed E-state index contributed by atoms with van der Waals surface area (Å²) >= 11 is 0. The average Bonchev–Trinajstić information content (AvgIpc) is 2.60. The SMILES string of the molecule is CC(CCC(=O)O)N1C(=O)c2cccnc2C1=O. The van der Waals surface area contributed by atoms with E-state index in [1.54, 1.807) is 19.1 Å². The minimum atomic E-state index is -0.948. The molecule has 1 unspecified atom stereocenters. The Morgan fingerprint density at radius 1 is 1.44 bits per heavy atom. The van der Waals surface area contributed by atoms with Crippen LogP contribution in [-0.4, -0.2) is 38.8 Å². The van der Waals surface area contributed by atoms with Crippen LogP contribution in [0.4, 0.5) is 0 Å². The number of aliphatic carboxylic acids is 1. The summed E-state index contributed by atoms with van der Waals surface area (Å²) in [7, 11) is 0. The molecule has 0 aromatic carbocycles. The molecule has 0 saturated heterocycles. The molecule has 2 heterocycles. The van der Waals surface area contributed by atoms with Crippen LogP contribution in [0.25, 0.3) is 0 Å². The molecule has 18 heavy (non-hydrogen) atoms. The smallest absolute Gasteiger partial charge is 0.303 e. The summed E-state index contributed by atoms with van der Waals surface area (Å²) in [4.78, 5) is 39.5. The molecule has 1 N–H and O–H groups in total. The first-order chi connectivity index (χ1) is 8.52. The Balaban J connectivity index is 2.20. The van der Waals surface area contributed by atoms with Crippen LogP contribution in [0, 0.1) is 0 Å². The second-order valence-corrected chi connectivity index (χ2v) is 4.16. The molecule has 94 valence electrons. The van der Waals surface area contributed by atoms with Gasteiger partial charge in [-0.1, -0.05) is 0 Å². The summed E-state index contributed by atoms with van der Waals surface area (Å²) in [6, 6.07) is 2.69. The van der Waals surface area contributed by atoms with Gasteiger partial charge in [-0.2, -0.15) is 0 Å². The maximum absolute atomic E-state index is 12.0. The lowest BCUT2D eigenvalue weighted by molar-refractivity contribution is -0.137. The number of nitrogens with zero attached hydrogens (tertiary/aromatic N) is 2. The van der Waals surface area contributed by atoms with Gasteiger partial charge in [0.1, 0.15) is 5.69 Å². The van der Waals surface area contributed by atoms with Crippen molar-refractivity contribution in [3.8, 4) is 0 Å². The van der Waals surface area contributed by atoms with Gasteiger partial charge in [0.2, 0.25) is 0 Å². The number of hydrogen-bond acceptors (Lipinski definition) is 4. The van der Waals surface area contributed by atoms with Crippen molar-refractivity contribution in [1.82, 2.24) is 9.88 Å². The number of imide groups is 1. The van der Waals surface area contributed by atoms with Gasteiger partial charge in [-0.15, -0.1) is 0 Å². The molecule has 1 atom stereocenters. The first-order valence-electron chi connectivity index (χ1n) is 5.57. The molecule has 6 heteroatoms. The summed E-state index contributed by atoms with van der Waals surface area (Å²) in [5.74, 6) is -1.80. The van der Waals surface area contributed by atoms with Gasteiger partial charge in [0.15, 0.2) is 0 Å². The van der Waals surface area contributed by atoms with Crippen molar-refractivity contribution < 1.29 is 19.5 Å². The van der Waals surface area contributed by atoms with Crippen molar-refractivity contribution in [1.29, 1.82) is 0 Å². The summed E-state index contributed by atoms with van der Waals surface area (Å²) in [6.45, 7) is 1.66. The molecule has 2 rings (SSSR count). The summed E-state index contributed by atoms with van der Waals surface area (Å²) in [5, 5.41) is 8.61. The summed E-state index contributed by atoms with van der Waals surface area (Å²) in [5.41, 5.74) is 0.425. The third-order valence-corrected chi connectivity index (χ3v) is 2.90. The molecule has 0 saturated carbocycles. The second-order valence-electron chi connectivity index (χ2n) is 4.16. The fourth-order valence-corrected chi connectivity index (χ4v) is 1.95. The van der Waals surface area contributed by atoms with E-state index in [0.29, 0.717) is 0 Å². The number of carboxylic acids is 1. The first kappa shape index (κ1) is 12.2. The lowest BCUT2D eigenvalue weighted by atomic mass is 10.1. The van der Waals surface area contributed by atoms with Crippen LogP contribution in [0.5, 0.6) is 0 Å². The molecule has 0 bridgehead atoms. The highest BCUT2D eigenvalue weighted by Crippen LogP contribution is 2.24. The van der Waals surface area contributed by atoms with Crippen LogP contribution >= 0.6 is 0 Å². The van der Waals surface area contributed by atoms with E-state index in [9.17, 15) is 14.4 Å². The molecule has 1 aromatic rings. The van der Waals surface area contributed by atoms with Crippen LogP contribution in [0.15, 0.2) is 18.3 Å². The van der Waals surface area contributed by atoms with Gasteiger partial charge in [0.25, 0.3) is 11.8 Å². The zero-order chi connectivity index (χ0) is 13.3. The zero-order valence-corrected chi connectivity index (χ0v) is 9.79. The summed E-state index contributed by atoms with van der Waals surface area (Å²) < 4.78 is 0. The molecule has 0 radical (unpaired) electrons. The lowest BCUT2D eigenvalue weighted by Crippen LogP contribution is -2.38. The molecule has 6 nitrogen and oxygen atoms in total. The van der Waals surface area contributed by atoms with Crippen LogP contribution < -0.4 is 0 Å². The van der Waals surface area contributed by atoms with E-state index >= 15 is 0 Å². The molecular formula is C12H12N2O4. The fraction of sp³-hybridized carbons (Fsp3) is 0.333. The minimum Gasteiger partial charge on any atom is -0.481 e. The Kier molecular flexibility index (Phi) is 3.10. The predicted octanol–water partition coefficient (Wildman–Crippen LogP) is 0.931. The molecule has 0 aliphatic carbocycles. The fourth-order valence-electron chi connectivity index (χ4n) is 1.95. The molecule has 2 amide bonds. The molecule has 1 aliphatic rings. The predicted molar refractivity (Wildman–Crippen MR) is 61.1 cm³/mol. The molecule has 0 fully saturated rings. The number of aromatic nitrogens is 1. The van der Waals surface area contributed by atoms with Crippen molar-refractivity contribution in [2.45, 2.75) is 25.8 Å². The van der Waals surface area contributed by atoms with Crippen LogP contribution in [0.3, 0.4) is 0 Å². The molecule has 0 spiro atoms. The van der Waals surface area contributed by atoms with E-state index in [0.717, 1.165) is 4.90 Å². The molecule has 1 aliphatic heterocycles. The molecule has 1 aromatic heterocycles. The Morgan fingerprint density at radius 2 is 2.17 bits per heavy atom. The number of amides is 2. The van der Waals surface area contributed by atoms with Crippen LogP contribution in [0.2, 0.25) is 0 Å². The first-order valence-corrected chi connectivity index (χ1v) is 5.57. The zero-order valence-electron chi connectivity index (χ0n) is 9.79. The Hall–Kier alpha value is -2.24. The second kappa shape index (κ2) is 4.56. The Labute approximate surface area is 103 Å². The number of carboxylic acid groups (broad SMARTS) is 1. The van der Waals surface area contributed by atoms with Gasteiger partial charge in [-0.3, -0.25) is 24.3 Å². The monoisotopic (exact) mass is 248 g/mol. The highest BCUT2D eigenvalue weighted by Gasteiger charge is 2.39. The van der Waals surface area contributed by atoms with E-state index in [-0.39, 0.29) is 24.1 Å². The maximum atomic E-state index is 12.0. The van der Waals surface area contributed by atoms with E-state index in [4.69, 9.17) is 5.11 Å². The number of carbonyl (C=O) groups excluding carboxylic acids is 2. The van der Waals surface area contributed by atoms with Crippen LogP contribution in [-0.2, 0) is 4.79 Å². The van der Waals surface area contributed by atoms with Gasteiger partial charge >= 0.3 is 5.97 Å². The number of carbonyl (C=O) groups is 3. The standard InChI is InChI=1S/C12H12N2O4/c1-7(4-5-9(15)16)14-11(17)8-3-2-6-13-10(8)12(14)18/h2-3,6-7H,4-5H2,1H3,(H,15,16). The highest BCUT2D eigenvalue weighted by atomic mass is 16.4. The Morgan fingerprint density at radius 3 is 2.78 bits per heavy atom.